The molecule has 27 heavy (non-hydrogen) atoms. The van der Waals surface area contributed by atoms with Gasteiger partial charge in [0.2, 0.25) is 0 Å². The number of methoxy groups -OCH3 is 1. The SMILES string of the molecule is COc1cccc(CNc2ccc(Cl)cc2Cl)c1OCc1ccc(F)cc1. The Hall–Kier alpha value is -2.43. The minimum atomic E-state index is -0.277. The number of hydrogen-bond donors (Lipinski definition) is 1. The van der Waals surface area contributed by atoms with Crippen molar-refractivity contribution in [3.8, 4) is 11.5 Å². The normalized spacial score (nSPS) is 10.5. The summed E-state index contributed by atoms with van der Waals surface area (Å²) in [4.78, 5) is 0. The van der Waals surface area contributed by atoms with Gasteiger partial charge in [0.25, 0.3) is 0 Å². The minimum absolute atomic E-state index is 0.277. The second kappa shape index (κ2) is 8.98. The lowest BCUT2D eigenvalue weighted by molar-refractivity contribution is 0.281. The van der Waals surface area contributed by atoms with E-state index in [0.29, 0.717) is 34.7 Å². The highest BCUT2D eigenvalue weighted by Gasteiger charge is 2.12. The molecule has 0 saturated carbocycles. The fraction of sp³-hybridized carbons (Fsp3) is 0.143. The predicted molar refractivity (Wildman–Crippen MR) is 108 cm³/mol. The zero-order valence-corrected chi connectivity index (χ0v) is 16.1. The predicted octanol–water partition coefficient (Wildman–Crippen LogP) is 6.33. The quantitative estimate of drug-likeness (QED) is 0.497. The number of hydrogen-bond acceptors (Lipinski definition) is 3. The first-order valence-electron chi connectivity index (χ1n) is 8.29. The second-order valence-corrected chi connectivity index (χ2v) is 6.69. The van der Waals surface area contributed by atoms with Crippen molar-refractivity contribution in [1.29, 1.82) is 0 Å². The Bertz CT molecular complexity index is 917. The molecule has 0 spiro atoms. The van der Waals surface area contributed by atoms with Crippen molar-refractivity contribution in [3.63, 3.8) is 0 Å². The van der Waals surface area contributed by atoms with Gasteiger partial charge in [-0.25, -0.2) is 4.39 Å². The van der Waals surface area contributed by atoms with Gasteiger partial charge < -0.3 is 14.8 Å². The van der Waals surface area contributed by atoms with Crippen LogP contribution < -0.4 is 14.8 Å². The maximum atomic E-state index is 13.1. The van der Waals surface area contributed by atoms with Gasteiger partial charge in [-0.05, 0) is 42.0 Å². The van der Waals surface area contributed by atoms with E-state index in [4.69, 9.17) is 32.7 Å². The Morgan fingerprint density at radius 1 is 1.00 bits per heavy atom. The molecule has 3 aromatic rings. The summed E-state index contributed by atoms with van der Waals surface area (Å²) >= 11 is 12.2. The van der Waals surface area contributed by atoms with E-state index < -0.39 is 0 Å². The molecule has 1 N–H and O–H groups in total. The second-order valence-electron chi connectivity index (χ2n) is 5.84. The average Bonchev–Trinajstić information content (AvgIpc) is 2.67. The van der Waals surface area contributed by atoms with Crippen molar-refractivity contribution in [1.82, 2.24) is 0 Å². The Labute approximate surface area is 167 Å². The van der Waals surface area contributed by atoms with Gasteiger partial charge in [0, 0.05) is 17.1 Å². The summed E-state index contributed by atoms with van der Waals surface area (Å²) in [5, 5.41) is 4.40. The van der Waals surface area contributed by atoms with Crippen molar-refractivity contribution in [2.24, 2.45) is 0 Å². The summed E-state index contributed by atoms with van der Waals surface area (Å²) < 4.78 is 24.5. The number of rotatable bonds is 7. The number of para-hydroxylation sites is 1. The lowest BCUT2D eigenvalue weighted by Gasteiger charge is -2.16. The summed E-state index contributed by atoms with van der Waals surface area (Å²) in [6.45, 7) is 0.784. The minimum Gasteiger partial charge on any atom is -0.493 e. The van der Waals surface area contributed by atoms with Crippen LogP contribution in [0, 0.1) is 5.82 Å². The summed E-state index contributed by atoms with van der Waals surface area (Å²) in [6.07, 6.45) is 0. The highest BCUT2D eigenvalue weighted by molar-refractivity contribution is 6.36. The third-order valence-corrected chi connectivity index (χ3v) is 4.53. The van der Waals surface area contributed by atoms with E-state index >= 15 is 0 Å². The first kappa shape index (κ1) is 19.3. The standard InChI is InChI=1S/C21H18Cl2FNO2/c1-26-20-4-2-3-15(12-25-19-10-7-16(22)11-18(19)23)21(20)27-13-14-5-8-17(24)9-6-14/h2-11,25H,12-13H2,1H3. The van der Waals surface area contributed by atoms with Crippen molar-refractivity contribution >= 4 is 28.9 Å². The largest absolute Gasteiger partial charge is 0.493 e. The molecule has 6 heteroatoms. The van der Waals surface area contributed by atoms with E-state index in [1.807, 2.05) is 24.3 Å². The van der Waals surface area contributed by atoms with Crippen LogP contribution in [0.25, 0.3) is 0 Å². The molecule has 0 unspecified atom stereocenters. The van der Waals surface area contributed by atoms with Crippen LogP contribution in [0.1, 0.15) is 11.1 Å². The Morgan fingerprint density at radius 3 is 2.48 bits per heavy atom. The van der Waals surface area contributed by atoms with Gasteiger partial charge in [-0.2, -0.15) is 0 Å². The third kappa shape index (κ3) is 5.06. The third-order valence-electron chi connectivity index (χ3n) is 3.98. The Kier molecular flexibility index (Phi) is 6.43. The molecule has 0 heterocycles. The zero-order valence-electron chi connectivity index (χ0n) is 14.6. The van der Waals surface area contributed by atoms with E-state index in [0.717, 1.165) is 16.8 Å². The molecule has 0 aliphatic rings. The van der Waals surface area contributed by atoms with Gasteiger partial charge in [0.05, 0.1) is 17.8 Å². The van der Waals surface area contributed by atoms with Crippen LogP contribution in [-0.4, -0.2) is 7.11 Å². The molecule has 3 aromatic carbocycles. The molecule has 3 rings (SSSR count). The van der Waals surface area contributed by atoms with E-state index in [1.54, 1.807) is 31.4 Å². The van der Waals surface area contributed by atoms with Gasteiger partial charge in [-0.3, -0.25) is 0 Å². The highest BCUT2D eigenvalue weighted by Crippen LogP contribution is 2.33. The summed E-state index contributed by atoms with van der Waals surface area (Å²) in [6, 6.07) is 17.1. The summed E-state index contributed by atoms with van der Waals surface area (Å²) in [5.74, 6) is 0.973. The zero-order chi connectivity index (χ0) is 19.2. The smallest absolute Gasteiger partial charge is 0.166 e. The van der Waals surface area contributed by atoms with Crippen molar-refractivity contribution in [3.05, 3.63) is 87.7 Å². The first-order chi connectivity index (χ1) is 13.1. The van der Waals surface area contributed by atoms with Gasteiger partial charge >= 0.3 is 0 Å². The molecule has 0 aliphatic carbocycles. The Balaban J connectivity index is 1.77. The number of halogens is 3. The van der Waals surface area contributed by atoms with Crippen molar-refractivity contribution in [2.75, 3.05) is 12.4 Å². The van der Waals surface area contributed by atoms with Crippen molar-refractivity contribution in [2.45, 2.75) is 13.2 Å². The molecule has 0 aliphatic heterocycles. The monoisotopic (exact) mass is 405 g/mol. The van der Waals surface area contributed by atoms with Gasteiger partial charge in [0.15, 0.2) is 11.5 Å². The molecule has 0 radical (unpaired) electrons. The first-order valence-corrected chi connectivity index (χ1v) is 9.04. The fourth-order valence-electron chi connectivity index (χ4n) is 2.58. The van der Waals surface area contributed by atoms with Crippen LogP contribution in [0.2, 0.25) is 10.0 Å². The van der Waals surface area contributed by atoms with Crippen LogP contribution in [0.4, 0.5) is 10.1 Å². The maximum Gasteiger partial charge on any atom is 0.166 e. The average molecular weight is 406 g/mol. The molecular formula is C21H18Cl2FNO2. The highest BCUT2D eigenvalue weighted by atomic mass is 35.5. The molecule has 0 bridgehead atoms. The summed E-state index contributed by atoms with van der Waals surface area (Å²) in [7, 11) is 1.59. The molecule has 0 amide bonds. The van der Waals surface area contributed by atoms with Gasteiger partial charge in [-0.1, -0.05) is 47.5 Å². The van der Waals surface area contributed by atoms with Crippen LogP contribution in [0.3, 0.4) is 0 Å². The molecule has 0 fully saturated rings. The number of nitrogens with one attached hydrogen (secondary N) is 1. The van der Waals surface area contributed by atoms with Crippen LogP contribution in [0.15, 0.2) is 60.7 Å². The van der Waals surface area contributed by atoms with E-state index in [2.05, 4.69) is 5.32 Å². The Morgan fingerprint density at radius 2 is 1.78 bits per heavy atom. The molecule has 0 saturated heterocycles. The molecule has 140 valence electrons. The van der Waals surface area contributed by atoms with Gasteiger partial charge in [-0.15, -0.1) is 0 Å². The molecule has 0 aromatic heterocycles. The van der Waals surface area contributed by atoms with E-state index in [9.17, 15) is 4.39 Å². The lowest BCUT2D eigenvalue weighted by atomic mass is 10.1. The molecule has 3 nitrogen and oxygen atoms in total. The van der Waals surface area contributed by atoms with Crippen LogP contribution in [-0.2, 0) is 13.2 Å². The van der Waals surface area contributed by atoms with Crippen LogP contribution in [0.5, 0.6) is 11.5 Å². The lowest BCUT2D eigenvalue weighted by Crippen LogP contribution is -2.05. The molecule has 0 atom stereocenters. The number of benzene rings is 3. The number of ether oxygens (including phenoxy) is 2. The van der Waals surface area contributed by atoms with Gasteiger partial charge in [0.1, 0.15) is 12.4 Å². The topological polar surface area (TPSA) is 30.5 Å². The van der Waals surface area contributed by atoms with E-state index in [-0.39, 0.29) is 5.82 Å². The molecular weight excluding hydrogens is 388 g/mol. The maximum absolute atomic E-state index is 13.1. The number of anilines is 1. The van der Waals surface area contributed by atoms with E-state index in [1.165, 1.54) is 12.1 Å². The fourth-order valence-corrected chi connectivity index (χ4v) is 3.06. The summed E-state index contributed by atoms with van der Waals surface area (Å²) in [5.41, 5.74) is 2.54. The van der Waals surface area contributed by atoms with Crippen LogP contribution >= 0.6 is 23.2 Å². The van der Waals surface area contributed by atoms with Crippen molar-refractivity contribution < 1.29 is 13.9 Å².